The zero-order valence-electron chi connectivity index (χ0n) is 14.1. The summed E-state index contributed by atoms with van der Waals surface area (Å²) in [7, 11) is 0. The van der Waals surface area contributed by atoms with Gasteiger partial charge in [0.2, 0.25) is 0 Å². The number of nitrogens with one attached hydrogen (secondary N) is 1. The number of hydrogen-bond acceptors (Lipinski definition) is 1. The first-order chi connectivity index (χ1) is 9.88. The van der Waals surface area contributed by atoms with Gasteiger partial charge in [-0.15, -0.1) is 0 Å². The molecule has 0 aliphatic carbocycles. The highest BCUT2D eigenvalue weighted by molar-refractivity contribution is 5.34. The molecule has 0 saturated carbocycles. The summed E-state index contributed by atoms with van der Waals surface area (Å²) in [6, 6.07) is 14.1. The van der Waals surface area contributed by atoms with Gasteiger partial charge in [-0.2, -0.15) is 0 Å². The molecule has 112 valence electrons. The average molecular weight is 281 g/mol. The van der Waals surface area contributed by atoms with E-state index in [1.165, 1.54) is 33.4 Å². The molecule has 0 spiro atoms. The molecule has 0 bridgehead atoms. The molecular weight excluding hydrogens is 254 g/mol. The molecule has 0 radical (unpaired) electrons. The Balaban J connectivity index is 2.14. The zero-order chi connectivity index (χ0) is 15.6. The van der Waals surface area contributed by atoms with Gasteiger partial charge >= 0.3 is 0 Å². The van der Waals surface area contributed by atoms with Gasteiger partial charge in [-0.25, -0.2) is 0 Å². The van der Waals surface area contributed by atoms with E-state index >= 15 is 0 Å². The van der Waals surface area contributed by atoms with Crippen molar-refractivity contribution < 1.29 is 0 Å². The fraction of sp³-hybridized carbons (Fsp3) is 0.400. The average Bonchev–Trinajstić information content (AvgIpc) is 2.41. The van der Waals surface area contributed by atoms with E-state index in [2.05, 4.69) is 83.3 Å². The topological polar surface area (TPSA) is 12.0 Å². The number of rotatable bonds is 4. The Labute approximate surface area is 129 Å². The summed E-state index contributed by atoms with van der Waals surface area (Å²) in [5, 5.41) is 3.72. The van der Waals surface area contributed by atoms with Gasteiger partial charge in [0.1, 0.15) is 0 Å². The van der Waals surface area contributed by atoms with E-state index in [9.17, 15) is 0 Å². The van der Waals surface area contributed by atoms with Crippen LogP contribution in [0.1, 0.15) is 59.3 Å². The molecule has 2 rings (SSSR count). The molecule has 0 heterocycles. The predicted molar refractivity (Wildman–Crippen MR) is 91.8 cm³/mol. The van der Waals surface area contributed by atoms with Crippen LogP contribution in [0.2, 0.25) is 0 Å². The van der Waals surface area contributed by atoms with E-state index in [0.29, 0.717) is 12.1 Å². The van der Waals surface area contributed by atoms with Crippen LogP contribution in [-0.4, -0.2) is 0 Å². The standard InChI is InChI=1S/C20H27N/c1-13-7-10-20(16(4)11-13)18(6)21-17(5)19-9-8-14(2)15(3)12-19/h7-12,17-18,21H,1-6H3. The molecule has 0 amide bonds. The Hall–Kier alpha value is -1.60. The van der Waals surface area contributed by atoms with Crippen molar-refractivity contribution in [1.82, 2.24) is 5.32 Å². The van der Waals surface area contributed by atoms with Crippen LogP contribution in [0.5, 0.6) is 0 Å². The Kier molecular flexibility index (Phi) is 4.84. The van der Waals surface area contributed by atoms with Crippen LogP contribution in [0.15, 0.2) is 36.4 Å². The maximum Gasteiger partial charge on any atom is 0.0300 e. The van der Waals surface area contributed by atoms with Crippen LogP contribution >= 0.6 is 0 Å². The second kappa shape index (κ2) is 6.44. The number of benzene rings is 2. The fourth-order valence-corrected chi connectivity index (χ4v) is 2.91. The van der Waals surface area contributed by atoms with Gasteiger partial charge in [-0.05, 0) is 69.4 Å². The summed E-state index contributed by atoms with van der Waals surface area (Å²) < 4.78 is 0. The lowest BCUT2D eigenvalue weighted by molar-refractivity contribution is 0.493. The van der Waals surface area contributed by atoms with Crippen molar-refractivity contribution in [2.75, 3.05) is 0 Å². The molecule has 0 aromatic heterocycles. The Morgan fingerprint density at radius 2 is 1.43 bits per heavy atom. The molecule has 2 aromatic carbocycles. The number of hydrogen-bond donors (Lipinski definition) is 1. The molecule has 0 aliphatic heterocycles. The first-order valence-corrected chi connectivity index (χ1v) is 7.79. The summed E-state index contributed by atoms with van der Waals surface area (Å²) >= 11 is 0. The van der Waals surface area contributed by atoms with E-state index in [0.717, 1.165) is 0 Å². The van der Waals surface area contributed by atoms with Gasteiger partial charge < -0.3 is 5.32 Å². The van der Waals surface area contributed by atoms with Crippen molar-refractivity contribution in [1.29, 1.82) is 0 Å². The van der Waals surface area contributed by atoms with Crippen LogP contribution in [0, 0.1) is 27.7 Å². The highest BCUT2D eigenvalue weighted by atomic mass is 14.9. The molecule has 1 nitrogen and oxygen atoms in total. The van der Waals surface area contributed by atoms with Gasteiger partial charge in [-0.1, -0.05) is 42.0 Å². The van der Waals surface area contributed by atoms with E-state index in [-0.39, 0.29) is 0 Å². The lowest BCUT2D eigenvalue weighted by Crippen LogP contribution is -2.23. The lowest BCUT2D eigenvalue weighted by Gasteiger charge is -2.23. The fourth-order valence-electron chi connectivity index (χ4n) is 2.91. The second-order valence-corrected chi connectivity index (χ2v) is 6.31. The van der Waals surface area contributed by atoms with Crippen LogP contribution in [0.25, 0.3) is 0 Å². The molecular formula is C20H27N. The monoisotopic (exact) mass is 281 g/mol. The molecule has 1 heteroatoms. The lowest BCUT2D eigenvalue weighted by atomic mass is 9.97. The largest absolute Gasteiger partial charge is 0.304 e. The van der Waals surface area contributed by atoms with Crippen LogP contribution in [0.4, 0.5) is 0 Å². The van der Waals surface area contributed by atoms with Crippen LogP contribution in [-0.2, 0) is 0 Å². The summed E-state index contributed by atoms with van der Waals surface area (Å²) in [5.74, 6) is 0. The third-order valence-electron chi connectivity index (χ3n) is 4.42. The van der Waals surface area contributed by atoms with Gasteiger partial charge in [0.25, 0.3) is 0 Å². The van der Waals surface area contributed by atoms with Gasteiger partial charge in [-0.3, -0.25) is 0 Å². The molecule has 2 aromatic rings. The molecule has 2 atom stereocenters. The van der Waals surface area contributed by atoms with Crippen LogP contribution < -0.4 is 5.32 Å². The van der Waals surface area contributed by atoms with Crippen molar-refractivity contribution in [2.24, 2.45) is 0 Å². The van der Waals surface area contributed by atoms with Crippen LogP contribution in [0.3, 0.4) is 0 Å². The minimum Gasteiger partial charge on any atom is -0.304 e. The van der Waals surface area contributed by atoms with E-state index in [1.807, 2.05) is 0 Å². The van der Waals surface area contributed by atoms with E-state index in [4.69, 9.17) is 0 Å². The third kappa shape index (κ3) is 3.74. The molecule has 0 fully saturated rings. The predicted octanol–water partition coefficient (Wildman–Crippen LogP) is 5.33. The Bertz CT molecular complexity index is 628. The highest BCUT2D eigenvalue weighted by Gasteiger charge is 2.13. The summed E-state index contributed by atoms with van der Waals surface area (Å²) in [6.45, 7) is 13.2. The van der Waals surface area contributed by atoms with E-state index < -0.39 is 0 Å². The summed E-state index contributed by atoms with van der Waals surface area (Å²) in [5.41, 5.74) is 8.15. The number of aryl methyl sites for hydroxylation is 4. The van der Waals surface area contributed by atoms with E-state index in [1.54, 1.807) is 0 Å². The first kappa shape index (κ1) is 15.8. The second-order valence-electron chi connectivity index (χ2n) is 6.31. The molecule has 2 unspecified atom stereocenters. The minimum atomic E-state index is 0.347. The third-order valence-corrected chi connectivity index (χ3v) is 4.42. The molecule has 1 N–H and O–H groups in total. The maximum atomic E-state index is 3.72. The Morgan fingerprint density at radius 3 is 2.05 bits per heavy atom. The Morgan fingerprint density at radius 1 is 0.714 bits per heavy atom. The SMILES string of the molecule is Cc1ccc(C(C)NC(C)c2ccc(C)c(C)c2)c(C)c1. The van der Waals surface area contributed by atoms with Crippen molar-refractivity contribution in [2.45, 2.75) is 53.6 Å². The molecule has 0 aliphatic rings. The first-order valence-electron chi connectivity index (χ1n) is 7.79. The highest BCUT2D eigenvalue weighted by Crippen LogP contribution is 2.23. The minimum absolute atomic E-state index is 0.347. The van der Waals surface area contributed by atoms with Crippen molar-refractivity contribution in [3.8, 4) is 0 Å². The van der Waals surface area contributed by atoms with Crippen molar-refractivity contribution in [3.63, 3.8) is 0 Å². The van der Waals surface area contributed by atoms with Gasteiger partial charge in [0.05, 0.1) is 0 Å². The quantitative estimate of drug-likeness (QED) is 0.798. The maximum absolute atomic E-state index is 3.72. The summed E-state index contributed by atoms with van der Waals surface area (Å²) in [4.78, 5) is 0. The van der Waals surface area contributed by atoms with Crippen molar-refractivity contribution in [3.05, 3.63) is 69.8 Å². The summed E-state index contributed by atoms with van der Waals surface area (Å²) in [6.07, 6.45) is 0. The smallest absolute Gasteiger partial charge is 0.0300 e. The molecule has 21 heavy (non-hydrogen) atoms. The zero-order valence-corrected chi connectivity index (χ0v) is 14.1. The normalized spacial score (nSPS) is 14.0. The van der Waals surface area contributed by atoms with Gasteiger partial charge in [0.15, 0.2) is 0 Å². The van der Waals surface area contributed by atoms with Crippen molar-refractivity contribution >= 4 is 0 Å². The molecule has 0 saturated heterocycles. The van der Waals surface area contributed by atoms with Gasteiger partial charge in [0, 0.05) is 12.1 Å².